The zero-order chi connectivity index (χ0) is 21.9. The van der Waals surface area contributed by atoms with Crippen molar-refractivity contribution in [2.75, 3.05) is 25.5 Å². The van der Waals surface area contributed by atoms with Crippen molar-refractivity contribution in [3.05, 3.63) is 53.1 Å². The number of sulfonamides is 1. The van der Waals surface area contributed by atoms with Gasteiger partial charge in [0.2, 0.25) is 15.9 Å². The van der Waals surface area contributed by atoms with Gasteiger partial charge in [-0.05, 0) is 54.7 Å². The molecule has 1 aliphatic heterocycles. The SMILES string of the molecule is COc1ccc(C(C)C)cc1S(=O)(=O)N1CCC[C@@H](C(=O)Nc2cccc(Cl)c2)C1. The van der Waals surface area contributed by atoms with Crippen molar-refractivity contribution in [3.63, 3.8) is 0 Å². The van der Waals surface area contributed by atoms with E-state index in [0.29, 0.717) is 35.8 Å². The number of nitrogens with one attached hydrogen (secondary N) is 1. The number of methoxy groups -OCH3 is 1. The van der Waals surface area contributed by atoms with Crippen LogP contribution in [-0.2, 0) is 14.8 Å². The molecule has 0 unspecified atom stereocenters. The van der Waals surface area contributed by atoms with E-state index in [1.54, 1.807) is 36.4 Å². The van der Waals surface area contributed by atoms with Crippen LogP contribution in [0.3, 0.4) is 0 Å². The lowest BCUT2D eigenvalue weighted by Gasteiger charge is -2.31. The van der Waals surface area contributed by atoms with Gasteiger partial charge < -0.3 is 10.1 Å². The average Bonchev–Trinajstić information content (AvgIpc) is 2.73. The molecular weight excluding hydrogens is 424 g/mol. The van der Waals surface area contributed by atoms with Crippen molar-refractivity contribution in [1.82, 2.24) is 4.31 Å². The zero-order valence-electron chi connectivity index (χ0n) is 17.4. The summed E-state index contributed by atoms with van der Waals surface area (Å²) in [5.41, 5.74) is 1.51. The Morgan fingerprint density at radius 3 is 2.67 bits per heavy atom. The number of ether oxygens (including phenoxy) is 1. The third kappa shape index (κ3) is 4.96. The standard InChI is InChI=1S/C22H27ClN2O4S/c1-15(2)16-9-10-20(29-3)21(12-16)30(27,28)25-11-5-6-17(14-25)22(26)24-19-8-4-7-18(23)13-19/h4,7-10,12-13,15,17H,5-6,11,14H2,1-3H3,(H,24,26)/t17-/m1/s1. The van der Waals surface area contributed by atoms with Gasteiger partial charge in [-0.3, -0.25) is 4.79 Å². The van der Waals surface area contributed by atoms with Gasteiger partial charge >= 0.3 is 0 Å². The highest BCUT2D eigenvalue weighted by molar-refractivity contribution is 7.89. The normalized spacial score (nSPS) is 17.7. The molecule has 1 saturated heterocycles. The van der Waals surface area contributed by atoms with Crippen LogP contribution in [0.25, 0.3) is 0 Å². The molecule has 162 valence electrons. The molecule has 6 nitrogen and oxygen atoms in total. The van der Waals surface area contributed by atoms with Crippen molar-refractivity contribution in [2.45, 2.75) is 37.5 Å². The van der Waals surface area contributed by atoms with E-state index in [0.717, 1.165) is 5.56 Å². The van der Waals surface area contributed by atoms with Crippen LogP contribution in [0.4, 0.5) is 5.69 Å². The number of carbonyl (C=O) groups is 1. The molecule has 0 radical (unpaired) electrons. The van der Waals surface area contributed by atoms with Crippen molar-refractivity contribution in [1.29, 1.82) is 0 Å². The predicted molar refractivity (Wildman–Crippen MR) is 119 cm³/mol. The van der Waals surface area contributed by atoms with E-state index < -0.39 is 15.9 Å². The molecule has 8 heteroatoms. The summed E-state index contributed by atoms with van der Waals surface area (Å²) in [6, 6.07) is 12.1. The van der Waals surface area contributed by atoms with Crippen LogP contribution in [-0.4, -0.2) is 38.8 Å². The Balaban J connectivity index is 1.82. The highest BCUT2D eigenvalue weighted by Crippen LogP contribution is 2.32. The Morgan fingerprint density at radius 2 is 2.00 bits per heavy atom. The van der Waals surface area contributed by atoms with E-state index in [1.807, 2.05) is 19.9 Å². The largest absolute Gasteiger partial charge is 0.495 e. The molecule has 1 fully saturated rings. The summed E-state index contributed by atoms with van der Waals surface area (Å²) >= 11 is 5.98. The molecule has 1 atom stereocenters. The number of nitrogens with zero attached hydrogens (tertiary/aromatic N) is 1. The first-order chi connectivity index (χ1) is 14.2. The van der Waals surface area contributed by atoms with Gasteiger partial charge in [0.25, 0.3) is 0 Å². The minimum absolute atomic E-state index is 0.129. The molecule has 2 aromatic rings. The Kier molecular flexibility index (Phi) is 7.06. The van der Waals surface area contributed by atoms with Crippen molar-refractivity contribution >= 4 is 33.2 Å². The van der Waals surface area contributed by atoms with Gasteiger partial charge in [0.15, 0.2) is 0 Å². The maximum Gasteiger partial charge on any atom is 0.246 e. The first kappa shape index (κ1) is 22.6. The topological polar surface area (TPSA) is 75.7 Å². The van der Waals surface area contributed by atoms with Crippen LogP contribution in [0.1, 0.15) is 38.2 Å². The van der Waals surface area contributed by atoms with E-state index in [1.165, 1.54) is 11.4 Å². The van der Waals surface area contributed by atoms with Gasteiger partial charge in [-0.1, -0.05) is 37.6 Å². The molecular formula is C22H27ClN2O4S. The minimum Gasteiger partial charge on any atom is -0.495 e. The van der Waals surface area contributed by atoms with Crippen LogP contribution >= 0.6 is 11.6 Å². The van der Waals surface area contributed by atoms with Gasteiger partial charge in [0, 0.05) is 23.8 Å². The average molecular weight is 451 g/mol. The Bertz CT molecular complexity index is 1020. The summed E-state index contributed by atoms with van der Waals surface area (Å²) in [7, 11) is -2.34. The maximum absolute atomic E-state index is 13.4. The van der Waals surface area contributed by atoms with Crippen molar-refractivity contribution in [3.8, 4) is 5.75 Å². The van der Waals surface area contributed by atoms with Crippen molar-refractivity contribution in [2.24, 2.45) is 5.92 Å². The molecule has 0 aromatic heterocycles. The van der Waals surface area contributed by atoms with Gasteiger partial charge in [-0.2, -0.15) is 4.31 Å². The third-order valence-electron chi connectivity index (χ3n) is 5.32. The van der Waals surface area contributed by atoms with E-state index >= 15 is 0 Å². The highest BCUT2D eigenvalue weighted by atomic mass is 35.5. The zero-order valence-corrected chi connectivity index (χ0v) is 19.0. The lowest BCUT2D eigenvalue weighted by Crippen LogP contribution is -2.43. The predicted octanol–water partition coefficient (Wildman–Crippen LogP) is 4.51. The quantitative estimate of drug-likeness (QED) is 0.702. The smallest absolute Gasteiger partial charge is 0.246 e. The molecule has 0 aliphatic carbocycles. The van der Waals surface area contributed by atoms with Crippen LogP contribution in [0.15, 0.2) is 47.4 Å². The first-order valence-corrected chi connectivity index (χ1v) is 11.8. The van der Waals surface area contributed by atoms with E-state index in [2.05, 4.69) is 5.32 Å². The van der Waals surface area contributed by atoms with Gasteiger partial charge in [0.1, 0.15) is 10.6 Å². The molecule has 1 N–H and O–H groups in total. The van der Waals surface area contributed by atoms with Crippen LogP contribution in [0, 0.1) is 5.92 Å². The van der Waals surface area contributed by atoms with Crippen LogP contribution in [0.2, 0.25) is 5.02 Å². The number of piperidine rings is 1. The van der Waals surface area contributed by atoms with E-state index in [9.17, 15) is 13.2 Å². The molecule has 0 spiro atoms. The number of benzene rings is 2. The fourth-order valence-corrected chi connectivity index (χ4v) is 5.48. The Labute approximate surface area is 183 Å². The molecule has 3 rings (SSSR count). The molecule has 30 heavy (non-hydrogen) atoms. The lowest BCUT2D eigenvalue weighted by molar-refractivity contribution is -0.120. The number of rotatable bonds is 6. The third-order valence-corrected chi connectivity index (χ3v) is 7.44. The van der Waals surface area contributed by atoms with Gasteiger partial charge in [-0.15, -0.1) is 0 Å². The lowest BCUT2D eigenvalue weighted by atomic mass is 9.99. The number of hydrogen-bond donors (Lipinski definition) is 1. The van der Waals surface area contributed by atoms with Crippen LogP contribution < -0.4 is 10.1 Å². The van der Waals surface area contributed by atoms with Gasteiger partial charge in [-0.25, -0.2) is 8.42 Å². The summed E-state index contributed by atoms with van der Waals surface area (Å²) in [6.45, 7) is 4.52. The summed E-state index contributed by atoms with van der Waals surface area (Å²) < 4.78 is 33.5. The first-order valence-electron chi connectivity index (χ1n) is 9.97. The van der Waals surface area contributed by atoms with E-state index in [-0.39, 0.29) is 23.3 Å². The Morgan fingerprint density at radius 1 is 1.23 bits per heavy atom. The second-order valence-electron chi connectivity index (χ2n) is 7.77. The molecule has 1 heterocycles. The second kappa shape index (κ2) is 9.37. The molecule has 2 aromatic carbocycles. The number of halogens is 1. The molecule has 1 amide bonds. The summed E-state index contributed by atoms with van der Waals surface area (Å²) in [5, 5.41) is 3.37. The monoisotopic (exact) mass is 450 g/mol. The summed E-state index contributed by atoms with van der Waals surface area (Å²) in [4.78, 5) is 12.9. The van der Waals surface area contributed by atoms with Gasteiger partial charge in [0.05, 0.1) is 13.0 Å². The van der Waals surface area contributed by atoms with E-state index in [4.69, 9.17) is 16.3 Å². The molecule has 0 saturated carbocycles. The number of amides is 1. The summed E-state index contributed by atoms with van der Waals surface area (Å²) in [5.74, 6) is -0.154. The fraction of sp³-hybridized carbons (Fsp3) is 0.409. The molecule has 1 aliphatic rings. The van der Waals surface area contributed by atoms with Crippen molar-refractivity contribution < 1.29 is 17.9 Å². The van der Waals surface area contributed by atoms with Crippen LogP contribution in [0.5, 0.6) is 5.75 Å². The summed E-state index contributed by atoms with van der Waals surface area (Å²) in [6.07, 6.45) is 1.24. The number of hydrogen-bond acceptors (Lipinski definition) is 4. The Hall–Kier alpha value is -2.09. The minimum atomic E-state index is -3.80. The number of carbonyl (C=O) groups excluding carboxylic acids is 1. The second-order valence-corrected chi connectivity index (χ2v) is 10.1. The number of anilines is 1. The maximum atomic E-state index is 13.4. The fourth-order valence-electron chi connectivity index (χ4n) is 3.58. The molecule has 0 bridgehead atoms. The highest BCUT2D eigenvalue weighted by Gasteiger charge is 2.35.